The number of methoxy groups -OCH3 is 1. The molecule has 1 fully saturated rings. The molecule has 0 bridgehead atoms. The lowest BCUT2D eigenvalue weighted by Crippen LogP contribution is -2.47. The number of pyridine rings is 1. The summed E-state index contributed by atoms with van der Waals surface area (Å²) in [4.78, 5) is 42.9. The average Bonchev–Trinajstić information content (AvgIpc) is 3.46. The van der Waals surface area contributed by atoms with E-state index >= 15 is 0 Å². The van der Waals surface area contributed by atoms with Gasteiger partial charge in [0, 0.05) is 55.8 Å². The minimum Gasteiger partial charge on any atom is -0.481 e. The second-order valence-electron chi connectivity index (χ2n) is 12.1. The molecule has 11 heteroatoms. The van der Waals surface area contributed by atoms with E-state index in [0.29, 0.717) is 24.8 Å². The zero-order valence-corrected chi connectivity index (χ0v) is 26.7. The highest BCUT2D eigenvalue weighted by atomic mass is 16.5. The van der Waals surface area contributed by atoms with Gasteiger partial charge in [0.25, 0.3) is 11.5 Å². The van der Waals surface area contributed by atoms with Gasteiger partial charge >= 0.3 is 5.69 Å². The van der Waals surface area contributed by atoms with Crippen molar-refractivity contribution in [3.05, 3.63) is 97.3 Å². The minimum atomic E-state index is -0.654. The first-order valence-electron chi connectivity index (χ1n) is 15.5. The Labute approximate surface area is 266 Å². The summed E-state index contributed by atoms with van der Waals surface area (Å²) in [6, 6.07) is 13.9. The van der Waals surface area contributed by atoms with Gasteiger partial charge < -0.3 is 29.8 Å². The van der Waals surface area contributed by atoms with Crippen molar-refractivity contribution >= 4 is 11.6 Å². The van der Waals surface area contributed by atoms with Gasteiger partial charge in [-0.2, -0.15) is 0 Å². The predicted molar refractivity (Wildman–Crippen MR) is 175 cm³/mol. The largest absolute Gasteiger partial charge is 0.481 e. The van der Waals surface area contributed by atoms with Gasteiger partial charge in [0.2, 0.25) is 5.88 Å². The molecule has 0 saturated carbocycles. The fraction of sp³-hybridized carbons (Fsp3) is 0.371. The highest BCUT2D eigenvalue weighted by Crippen LogP contribution is 2.41. The van der Waals surface area contributed by atoms with Crippen LogP contribution in [0.5, 0.6) is 5.88 Å². The van der Waals surface area contributed by atoms with E-state index < -0.39 is 23.3 Å². The van der Waals surface area contributed by atoms with Gasteiger partial charge in [0.15, 0.2) is 0 Å². The quantitative estimate of drug-likeness (QED) is 0.284. The van der Waals surface area contributed by atoms with Crippen LogP contribution in [0.25, 0.3) is 22.4 Å². The zero-order chi connectivity index (χ0) is 32.7. The van der Waals surface area contributed by atoms with Crippen molar-refractivity contribution in [2.45, 2.75) is 51.3 Å². The normalized spacial score (nSPS) is 19.1. The van der Waals surface area contributed by atoms with Crippen LogP contribution in [0.3, 0.4) is 0 Å². The summed E-state index contributed by atoms with van der Waals surface area (Å²) in [5, 5.41) is 16.9. The standard InChI is InChI=1S/C35H39N5O6/c1-19-22(23-9-7-11-26(20(23)2)37-32(42)25-17-39(3)35(44)40(4)34(25)43)8-6-10-24(19)29-16-21-12-13-28(31(21)33(38-29)45-5)36-27-14-15-46-18-30(27)41/h6-11,16-17,27-28,30,36,41H,12-15,18H2,1-5H3,(H,37,42)/t27-,28-,30+/m1/s1. The summed E-state index contributed by atoms with van der Waals surface area (Å²) in [5.41, 5.74) is 7.07. The van der Waals surface area contributed by atoms with Gasteiger partial charge in [-0.15, -0.1) is 0 Å². The van der Waals surface area contributed by atoms with E-state index in [0.717, 1.165) is 62.9 Å². The molecule has 1 aliphatic carbocycles. The number of hydrogen-bond donors (Lipinski definition) is 3. The Kier molecular flexibility index (Phi) is 8.65. The lowest BCUT2D eigenvalue weighted by atomic mass is 9.91. The van der Waals surface area contributed by atoms with Crippen molar-refractivity contribution in [3.8, 4) is 28.3 Å². The number of nitrogens with zero attached hydrogens (tertiary/aromatic N) is 3. The monoisotopic (exact) mass is 625 g/mol. The van der Waals surface area contributed by atoms with E-state index in [9.17, 15) is 19.5 Å². The van der Waals surface area contributed by atoms with E-state index in [-0.39, 0.29) is 17.6 Å². The molecule has 3 atom stereocenters. The van der Waals surface area contributed by atoms with Gasteiger partial charge in [0.1, 0.15) is 5.56 Å². The Morgan fingerprint density at radius 3 is 2.50 bits per heavy atom. The number of carbonyl (C=O) groups excluding carboxylic acids is 1. The van der Waals surface area contributed by atoms with Crippen molar-refractivity contribution in [2.24, 2.45) is 14.1 Å². The van der Waals surface area contributed by atoms with Crippen molar-refractivity contribution in [3.63, 3.8) is 0 Å². The maximum atomic E-state index is 13.2. The van der Waals surface area contributed by atoms with E-state index in [2.05, 4.69) is 23.6 Å². The van der Waals surface area contributed by atoms with Crippen LogP contribution in [0.15, 0.2) is 58.3 Å². The van der Waals surface area contributed by atoms with Crippen molar-refractivity contribution < 1.29 is 19.4 Å². The van der Waals surface area contributed by atoms with Crippen molar-refractivity contribution in [1.82, 2.24) is 19.4 Å². The van der Waals surface area contributed by atoms with Crippen LogP contribution >= 0.6 is 0 Å². The summed E-state index contributed by atoms with van der Waals surface area (Å²) in [6.07, 6.45) is 3.23. The molecule has 240 valence electrons. The maximum absolute atomic E-state index is 13.2. The lowest BCUT2D eigenvalue weighted by molar-refractivity contribution is -0.0304. The minimum absolute atomic E-state index is 0.0384. The smallest absolute Gasteiger partial charge is 0.330 e. The number of aliphatic hydroxyl groups excluding tert-OH is 1. The molecule has 0 radical (unpaired) electrons. The topological polar surface area (TPSA) is 137 Å². The highest BCUT2D eigenvalue weighted by Gasteiger charge is 2.33. The zero-order valence-electron chi connectivity index (χ0n) is 26.7. The molecule has 0 spiro atoms. The van der Waals surface area contributed by atoms with Gasteiger partial charge in [-0.1, -0.05) is 30.3 Å². The van der Waals surface area contributed by atoms with Crippen molar-refractivity contribution in [2.75, 3.05) is 25.6 Å². The van der Waals surface area contributed by atoms with E-state index in [4.69, 9.17) is 14.5 Å². The molecule has 2 aromatic carbocycles. The molecule has 1 aliphatic heterocycles. The van der Waals surface area contributed by atoms with Crippen LogP contribution in [0.4, 0.5) is 5.69 Å². The number of nitrogens with one attached hydrogen (secondary N) is 2. The fourth-order valence-corrected chi connectivity index (χ4v) is 6.66. The average molecular weight is 626 g/mol. The molecule has 11 nitrogen and oxygen atoms in total. The number of aliphatic hydroxyl groups is 1. The Morgan fingerprint density at radius 1 is 1.04 bits per heavy atom. The Balaban J connectivity index is 1.31. The molecule has 1 amide bonds. The molecule has 4 aromatic rings. The second kappa shape index (κ2) is 12.7. The number of hydrogen-bond acceptors (Lipinski definition) is 8. The third-order valence-electron chi connectivity index (χ3n) is 9.27. The third kappa shape index (κ3) is 5.66. The molecule has 3 N–H and O–H groups in total. The Bertz CT molecular complexity index is 1950. The Morgan fingerprint density at radius 2 is 1.76 bits per heavy atom. The number of aromatic nitrogens is 3. The van der Waals surface area contributed by atoms with Gasteiger partial charge in [-0.3, -0.25) is 14.2 Å². The molecular weight excluding hydrogens is 586 g/mol. The second-order valence-corrected chi connectivity index (χ2v) is 12.1. The van der Waals surface area contributed by atoms with Crippen LogP contribution in [0.1, 0.15) is 51.5 Å². The fourth-order valence-electron chi connectivity index (χ4n) is 6.66. The summed E-state index contributed by atoms with van der Waals surface area (Å²) >= 11 is 0. The molecule has 6 rings (SSSR count). The molecule has 1 saturated heterocycles. The summed E-state index contributed by atoms with van der Waals surface area (Å²) in [6.45, 7) is 4.95. The number of rotatable bonds is 7. The highest BCUT2D eigenvalue weighted by molar-refractivity contribution is 6.04. The summed E-state index contributed by atoms with van der Waals surface area (Å²) in [7, 11) is 4.49. The molecule has 46 heavy (non-hydrogen) atoms. The third-order valence-corrected chi connectivity index (χ3v) is 9.27. The first kappa shape index (κ1) is 31.4. The number of ether oxygens (including phenoxy) is 2. The van der Waals surface area contributed by atoms with Gasteiger partial charge in [-0.25, -0.2) is 9.78 Å². The number of amides is 1. The number of aryl methyl sites for hydroxylation is 2. The number of anilines is 1. The van der Waals surface area contributed by atoms with Crippen LogP contribution in [-0.2, 0) is 25.3 Å². The SMILES string of the molecule is COc1nc(-c2cccc(-c3cccc(NC(=O)c4cn(C)c(=O)n(C)c4=O)c3C)c2C)cc2c1[C@H](N[C@@H]1CCOC[C@@H]1O)CC2. The van der Waals surface area contributed by atoms with E-state index in [1.165, 1.54) is 30.4 Å². The maximum Gasteiger partial charge on any atom is 0.330 e. The van der Waals surface area contributed by atoms with Crippen LogP contribution in [0, 0.1) is 13.8 Å². The lowest BCUT2D eigenvalue weighted by Gasteiger charge is -2.31. The van der Waals surface area contributed by atoms with E-state index in [1.807, 2.05) is 37.3 Å². The van der Waals surface area contributed by atoms with Crippen LogP contribution in [-0.4, -0.2) is 57.6 Å². The van der Waals surface area contributed by atoms with Crippen molar-refractivity contribution in [1.29, 1.82) is 0 Å². The summed E-state index contributed by atoms with van der Waals surface area (Å²) in [5.74, 6) is -0.00483. The first-order chi connectivity index (χ1) is 22.1. The van der Waals surface area contributed by atoms with Crippen LogP contribution in [0.2, 0.25) is 0 Å². The Hall–Kier alpha value is -4.58. The van der Waals surface area contributed by atoms with Gasteiger partial charge in [0.05, 0.1) is 25.5 Å². The van der Waals surface area contributed by atoms with Crippen LogP contribution < -0.4 is 26.6 Å². The first-order valence-corrected chi connectivity index (χ1v) is 15.5. The molecule has 2 aliphatic rings. The van der Waals surface area contributed by atoms with Gasteiger partial charge in [-0.05, 0) is 73.1 Å². The summed E-state index contributed by atoms with van der Waals surface area (Å²) < 4.78 is 13.4. The van der Waals surface area contributed by atoms with E-state index in [1.54, 1.807) is 13.2 Å². The molecule has 3 heterocycles. The molecule has 0 unspecified atom stereocenters. The number of fused-ring (bicyclic) bond motifs is 1. The number of carbonyl (C=O) groups is 1. The predicted octanol–water partition coefficient (Wildman–Crippen LogP) is 3.42. The number of benzene rings is 2. The molecule has 2 aromatic heterocycles. The molecular formula is C35H39N5O6.